The van der Waals surface area contributed by atoms with Crippen molar-refractivity contribution in [2.75, 3.05) is 39.0 Å². The first-order chi connectivity index (χ1) is 9.15. The molecule has 2 N–H and O–H groups in total. The molecule has 3 nitrogen and oxygen atoms in total. The molecular weight excluding hydrogens is 256 g/mol. The van der Waals surface area contributed by atoms with Gasteiger partial charge in [-0.1, -0.05) is 33.1 Å². The summed E-state index contributed by atoms with van der Waals surface area (Å²) in [5.74, 6) is 0. The summed E-state index contributed by atoms with van der Waals surface area (Å²) in [6.07, 6.45) is 8.77. The molecule has 19 heavy (non-hydrogen) atoms. The van der Waals surface area contributed by atoms with Crippen LogP contribution in [0.2, 0.25) is 0 Å². The Hall–Kier alpha value is 0.230. The Balaban J connectivity index is 2.24. The zero-order valence-corrected chi connectivity index (χ0v) is 13.8. The Bertz CT molecular complexity index is 228. The fraction of sp³-hybridized carbons (Fsp3) is 1.00. The van der Waals surface area contributed by atoms with Gasteiger partial charge in [0.2, 0.25) is 0 Å². The predicted octanol–water partition coefficient (Wildman–Crippen LogP) is 2.34. The summed E-state index contributed by atoms with van der Waals surface area (Å²) < 4.78 is 0.424. The number of thioether (sulfide) groups is 1. The molecule has 0 bridgehead atoms. The lowest BCUT2D eigenvalue weighted by Crippen LogP contribution is -2.44. The van der Waals surface area contributed by atoms with E-state index >= 15 is 0 Å². The van der Waals surface area contributed by atoms with Crippen LogP contribution in [0.5, 0.6) is 0 Å². The molecule has 1 unspecified atom stereocenters. The second-order valence-electron chi connectivity index (χ2n) is 5.72. The third-order valence-electron chi connectivity index (χ3n) is 4.39. The monoisotopic (exact) mass is 288 g/mol. The minimum absolute atomic E-state index is 0.248. The molecule has 0 aromatic heterocycles. The van der Waals surface area contributed by atoms with Crippen LogP contribution in [-0.4, -0.2) is 59.8 Å². The van der Waals surface area contributed by atoms with Gasteiger partial charge in [-0.05, 0) is 32.2 Å². The zero-order valence-electron chi connectivity index (χ0n) is 13.0. The Morgan fingerprint density at radius 3 is 2.37 bits per heavy atom. The van der Waals surface area contributed by atoms with Gasteiger partial charge < -0.3 is 15.3 Å². The molecule has 0 radical (unpaired) electrons. The van der Waals surface area contributed by atoms with Gasteiger partial charge in [0, 0.05) is 24.4 Å². The van der Waals surface area contributed by atoms with E-state index in [2.05, 4.69) is 30.3 Å². The van der Waals surface area contributed by atoms with E-state index in [1.54, 1.807) is 0 Å². The van der Waals surface area contributed by atoms with E-state index in [0.29, 0.717) is 4.75 Å². The smallest absolute Gasteiger partial charge is 0.0791 e. The summed E-state index contributed by atoms with van der Waals surface area (Å²) in [4.78, 5) is 2.28. The highest BCUT2D eigenvalue weighted by Crippen LogP contribution is 2.37. The van der Waals surface area contributed by atoms with Crippen molar-refractivity contribution in [2.45, 2.75) is 56.8 Å². The zero-order chi connectivity index (χ0) is 14.1. The number of aliphatic hydroxyl groups excluding tert-OH is 1. The maximum atomic E-state index is 10.1. The molecule has 0 aromatic rings. The molecule has 0 amide bonds. The number of hydrogen-bond acceptors (Lipinski definition) is 4. The SMILES string of the molecule is CCN(CC)CC(O)CNCC1(SC)CCCCC1. The standard InChI is InChI=1S/C15H32N2OS/c1-4-17(5-2)12-14(18)11-16-13-15(19-3)9-7-6-8-10-15/h14,16,18H,4-13H2,1-3H3. The van der Waals surface area contributed by atoms with Gasteiger partial charge in [-0.25, -0.2) is 0 Å². The van der Waals surface area contributed by atoms with Gasteiger partial charge >= 0.3 is 0 Å². The van der Waals surface area contributed by atoms with Crippen molar-refractivity contribution in [3.8, 4) is 0 Å². The van der Waals surface area contributed by atoms with E-state index in [0.717, 1.165) is 32.7 Å². The molecule has 1 aliphatic rings. The summed E-state index contributed by atoms with van der Waals surface area (Å²) in [5, 5.41) is 13.6. The number of nitrogens with one attached hydrogen (secondary N) is 1. The third-order valence-corrected chi connectivity index (χ3v) is 5.81. The Morgan fingerprint density at radius 2 is 1.84 bits per heavy atom. The lowest BCUT2D eigenvalue weighted by atomic mass is 9.88. The minimum atomic E-state index is -0.248. The molecule has 0 aromatic carbocycles. The number of nitrogens with zero attached hydrogens (tertiary/aromatic N) is 1. The van der Waals surface area contributed by atoms with Crippen LogP contribution in [0.4, 0.5) is 0 Å². The van der Waals surface area contributed by atoms with E-state index in [-0.39, 0.29) is 6.10 Å². The fourth-order valence-electron chi connectivity index (χ4n) is 2.96. The summed E-state index contributed by atoms with van der Waals surface area (Å²) in [5.41, 5.74) is 0. The van der Waals surface area contributed by atoms with E-state index in [4.69, 9.17) is 0 Å². The lowest BCUT2D eigenvalue weighted by molar-refractivity contribution is 0.116. The van der Waals surface area contributed by atoms with Crippen LogP contribution in [-0.2, 0) is 0 Å². The van der Waals surface area contributed by atoms with Crippen molar-refractivity contribution < 1.29 is 5.11 Å². The summed E-state index contributed by atoms with van der Waals surface area (Å²) in [7, 11) is 0. The fourth-order valence-corrected chi connectivity index (χ4v) is 3.90. The molecule has 0 aliphatic heterocycles. The number of likely N-dealkylation sites (N-methyl/N-ethyl adjacent to an activating group) is 1. The maximum Gasteiger partial charge on any atom is 0.0791 e. The van der Waals surface area contributed by atoms with Crippen molar-refractivity contribution >= 4 is 11.8 Å². The second-order valence-corrected chi connectivity index (χ2v) is 6.99. The molecule has 0 heterocycles. The van der Waals surface area contributed by atoms with Crippen LogP contribution in [0.15, 0.2) is 0 Å². The first-order valence-corrected chi connectivity index (χ1v) is 9.04. The van der Waals surface area contributed by atoms with Gasteiger partial charge in [0.1, 0.15) is 0 Å². The number of hydrogen-bond donors (Lipinski definition) is 2. The van der Waals surface area contributed by atoms with Crippen LogP contribution < -0.4 is 5.32 Å². The van der Waals surface area contributed by atoms with E-state index in [1.807, 2.05) is 11.8 Å². The normalized spacial score (nSPS) is 20.7. The van der Waals surface area contributed by atoms with Crippen molar-refractivity contribution in [3.63, 3.8) is 0 Å². The molecule has 1 saturated carbocycles. The quantitative estimate of drug-likeness (QED) is 0.683. The molecule has 114 valence electrons. The molecule has 1 aliphatic carbocycles. The maximum absolute atomic E-state index is 10.1. The van der Waals surface area contributed by atoms with Gasteiger partial charge in [-0.3, -0.25) is 0 Å². The molecule has 0 spiro atoms. The Kier molecular flexibility index (Phi) is 8.38. The average molecular weight is 289 g/mol. The third kappa shape index (κ3) is 6.03. The van der Waals surface area contributed by atoms with Gasteiger partial charge in [-0.2, -0.15) is 11.8 Å². The van der Waals surface area contributed by atoms with Gasteiger partial charge in [0.15, 0.2) is 0 Å². The first kappa shape index (κ1) is 17.3. The van der Waals surface area contributed by atoms with Gasteiger partial charge in [0.25, 0.3) is 0 Å². The van der Waals surface area contributed by atoms with Gasteiger partial charge in [-0.15, -0.1) is 0 Å². The van der Waals surface area contributed by atoms with Crippen LogP contribution in [0.25, 0.3) is 0 Å². The van der Waals surface area contributed by atoms with Crippen LogP contribution in [0.3, 0.4) is 0 Å². The Morgan fingerprint density at radius 1 is 1.21 bits per heavy atom. The lowest BCUT2D eigenvalue weighted by Gasteiger charge is -2.36. The first-order valence-electron chi connectivity index (χ1n) is 7.82. The number of aliphatic hydroxyl groups is 1. The van der Waals surface area contributed by atoms with Crippen LogP contribution in [0, 0.1) is 0 Å². The molecular formula is C15H32N2OS. The highest BCUT2D eigenvalue weighted by Gasteiger charge is 2.30. The highest BCUT2D eigenvalue weighted by molar-refractivity contribution is 8.00. The van der Waals surface area contributed by atoms with Crippen molar-refractivity contribution in [1.82, 2.24) is 10.2 Å². The molecule has 4 heteroatoms. The van der Waals surface area contributed by atoms with Crippen LogP contribution in [0.1, 0.15) is 46.0 Å². The molecule has 0 saturated heterocycles. The molecule has 1 atom stereocenters. The summed E-state index contributed by atoms with van der Waals surface area (Å²) >= 11 is 2.01. The van der Waals surface area contributed by atoms with Crippen molar-refractivity contribution in [2.24, 2.45) is 0 Å². The predicted molar refractivity (Wildman–Crippen MR) is 86.0 cm³/mol. The topological polar surface area (TPSA) is 35.5 Å². The Labute approximate surface area is 123 Å². The number of rotatable bonds is 9. The molecule has 1 fully saturated rings. The highest BCUT2D eigenvalue weighted by atomic mass is 32.2. The van der Waals surface area contributed by atoms with Crippen molar-refractivity contribution in [1.29, 1.82) is 0 Å². The van der Waals surface area contributed by atoms with Crippen LogP contribution >= 0.6 is 11.8 Å². The largest absolute Gasteiger partial charge is 0.390 e. The van der Waals surface area contributed by atoms with E-state index < -0.39 is 0 Å². The molecule has 1 rings (SSSR count). The summed E-state index contributed by atoms with van der Waals surface area (Å²) in [6, 6.07) is 0. The van der Waals surface area contributed by atoms with Crippen molar-refractivity contribution in [3.05, 3.63) is 0 Å². The van der Waals surface area contributed by atoms with E-state index in [1.165, 1.54) is 32.1 Å². The second kappa shape index (κ2) is 9.22. The minimum Gasteiger partial charge on any atom is -0.390 e. The van der Waals surface area contributed by atoms with Gasteiger partial charge in [0.05, 0.1) is 6.10 Å². The van der Waals surface area contributed by atoms with E-state index in [9.17, 15) is 5.11 Å². The summed E-state index contributed by atoms with van der Waals surface area (Å²) in [6.45, 7) is 8.88. The average Bonchev–Trinajstić information content (AvgIpc) is 2.45.